The van der Waals surface area contributed by atoms with Crippen LogP contribution in [0.15, 0.2) is 115 Å². The zero-order valence-electron chi connectivity index (χ0n) is 16.2. The molecule has 0 bridgehead atoms. The molecule has 142 valence electrons. The average Bonchev–Trinajstić information content (AvgIpc) is 2.80. The molecule has 0 spiro atoms. The van der Waals surface area contributed by atoms with Gasteiger partial charge in [-0.1, -0.05) is 109 Å². The van der Waals surface area contributed by atoms with Gasteiger partial charge in [-0.3, -0.25) is 4.79 Å². The maximum Gasteiger partial charge on any atom is 0.255 e. The van der Waals surface area contributed by atoms with Crippen LogP contribution in [0, 0.1) is 0 Å². The van der Waals surface area contributed by atoms with Crippen LogP contribution in [0.1, 0.15) is 21.5 Å². The van der Waals surface area contributed by atoms with Crippen molar-refractivity contribution < 1.29 is 4.79 Å². The van der Waals surface area contributed by atoms with E-state index in [-0.39, 0.29) is 5.91 Å². The van der Waals surface area contributed by atoms with Gasteiger partial charge in [-0.25, -0.2) is 0 Å². The minimum absolute atomic E-state index is 0.0390. The van der Waals surface area contributed by atoms with Crippen molar-refractivity contribution in [2.75, 3.05) is 0 Å². The van der Waals surface area contributed by atoms with Gasteiger partial charge in [0.1, 0.15) is 0 Å². The number of hydrogen-bond acceptors (Lipinski definition) is 1. The lowest BCUT2D eigenvalue weighted by Gasteiger charge is -2.24. The van der Waals surface area contributed by atoms with Gasteiger partial charge in [-0.15, -0.1) is 0 Å². The summed E-state index contributed by atoms with van der Waals surface area (Å²) in [7, 11) is 0. The van der Waals surface area contributed by atoms with Gasteiger partial charge in [0.25, 0.3) is 5.91 Å². The molecular formula is C27H23NO. The maximum atomic E-state index is 13.7. The topological polar surface area (TPSA) is 20.3 Å². The van der Waals surface area contributed by atoms with E-state index in [1.54, 1.807) is 0 Å². The Bertz CT molecular complexity index is 1020. The van der Waals surface area contributed by atoms with Gasteiger partial charge in [0.15, 0.2) is 0 Å². The number of carbonyl (C=O) groups is 1. The second-order valence-electron chi connectivity index (χ2n) is 7.04. The maximum absolute atomic E-state index is 13.7. The lowest BCUT2D eigenvalue weighted by Crippen LogP contribution is -2.30. The third-order valence-electron chi connectivity index (χ3n) is 4.96. The van der Waals surface area contributed by atoms with Crippen LogP contribution in [-0.4, -0.2) is 10.8 Å². The molecule has 0 saturated carbocycles. The molecule has 29 heavy (non-hydrogen) atoms. The van der Waals surface area contributed by atoms with Crippen LogP contribution in [0.3, 0.4) is 0 Å². The fourth-order valence-corrected chi connectivity index (χ4v) is 3.52. The van der Waals surface area contributed by atoms with E-state index in [9.17, 15) is 4.79 Å². The predicted molar refractivity (Wildman–Crippen MR) is 118 cm³/mol. The van der Waals surface area contributed by atoms with Gasteiger partial charge in [-0.2, -0.15) is 0 Å². The summed E-state index contributed by atoms with van der Waals surface area (Å²) in [6, 6.07) is 38.2. The Kier molecular flexibility index (Phi) is 5.82. The van der Waals surface area contributed by atoms with Crippen LogP contribution in [0.25, 0.3) is 11.1 Å². The van der Waals surface area contributed by atoms with Crippen molar-refractivity contribution in [1.29, 1.82) is 0 Å². The first-order chi connectivity index (χ1) is 14.3. The molecule has 0 aliphatic rings. The Morgan fingerprint density at radius 1 is 0.552 bits per heavy atom. The van der Waals surface area contributed by atoms with Crippen LogP contribution in [0.5, 0.6) is 0 Å². The summed E-state index contributed by atoms with van der Waals surface area (Å²) in [4.78, 5) is 15.6. The highest BCUT2D eigenvalue weighted by Gasteiger charge is 2.20. The van der Waals surface area contributed by atoms with E-state index >= 15 is 0 Å². The monoisotopic (exact) mass is 377 g/mol. The third kappa shape index (κ3) is 4.61. The van der Waals surface area contributed by atoms with Gasteiger partial charge >= 0.3 is 0 Å². The predicted octanol–water partition coefficient (Wildman–Crippen LogP) is 6.20. The SMILES string of the molecule is O=C(c1ccccc1-c1ccccc1)N(Cc1ccccc1)Cc1ccccc1. The molecule has 4 rings (SSSR count). The second kappa shape index (κ2) is 9.03. The zero-order valence-corrected chi connectivity index (χ0v) is 16.2. The molecule has 1 amide bonds. The fraction of sp³-hybridized carbons (Fsp3) is 0.0741. The molecule has 0 aliphatic carbocycles. The third-order valence-corrected chi connectivity index (χ3v) is 4.96. The summed E-state index contributed by atoms with van der Waals surface area (Å²) >= 11 is 0. The average molecular weight is 377 g/mol. The molecule has 4 aromatic rings. The lowest BCUT2D eigenvalue weighted by atomic mass is 9.98. The number of benzene rings is 4. The van der Waals surface area contributed by atoms with Crippen LogP contribution < -0.4 is 0 Å². The van der Waals surface area contributed by atoms with Crippen molar-refractivity contribution in [3.05, 3.63) is 132 Å². The fourth-order valence-electron chi connectivity index (χ4n) is 3.52. The van der Waals surface area contributed by atoms with Gasteiger partial charge in [0, 0.05) is 18.7 Å². The van der Waals surface area contributed by atoms with E-state index in [0.29, 0.717) is 13.1 Å². The van der Waals surface area contributed by atoms with Crippen molar-refractivity contribution in [3.8, 4) is 11.1 Å². The number of carbonyl (C=O) groups excluding carboxylic acids is 1. The first kappa shape index (κ1) is 18.7. The Morgan fingerprint density at radius 2 is 1.00 bits per heavy atom. The van der Waals surface area contributed by atoms with E-state index < -0.39 is 0 Å². The Hall–Kier alpha value is -3.65. The standard InChI is InChI=1S/C27H23NO/c29-27(26-19-11-10-18-25(26)24-16-8-3-9-17-24)28(20-22-12-4-1-5-13-22)21-23-14-6-2-7-15-23/h1-19H,20-21H2. The molecule has 0 radical (unpaired) electrons. The number of hydrogen-bond donors (Lipinski definition) is 0. The van der Waals surface area contributed by atoms with E-state index in [1.165, 1.54) is 0 Å². The molecule has 0 unspecified atom stereocenters. The van der Waals surface area contributed by atoms with E-state index in [1.807, 2.05) is 95.9 Å². The lowest BCUT2D eigenvalue weighted by molar-refractivity contribution is 0.0731. The van der Waals surface area contributed by atoms with Crippen molar-refractivity contribution in [1.82, 2.24) is 4.90 Å². The summed E-state index contributed by atoms with van der Waals surface area (Å²) in [6.45, 7) is 1.13. The highest BCUT2D eigenvalue weighted by atomic mass is 16.2. The summed E-state index contributed by atoms with van der Waals surface area (Å²) in [5.41, 5.74) is 4.98. The van der Waals surface area contributed by atoms with Crippen molar-refractivity contribution in [2.45, 2.75) is 13.1 Å². The van der Waals surface area contributed by atoms with Crippen molar-refractivity contribution in [3.63, 3.8) is 0 Å². The van der Waals surface area contributed by atoms with Gasteiger partial charge in [0.2, 0.25) is 0 Å². The Labute approximate surface area is 172 Å². The first-order valence-corrected chi connectivity index (χ1v) is 9.83. The Balaban J connectivity index is 1.70. The summed E-state index contributed by atoms with van der Waals surface area (Å²) in [5.74, 6) is 0.0390. The highest BCUT2D eigenvalue weighted by Crippen LogP contribution is 2.25. The van der Waals surface area contributed by atoms with Gasteiger partial charge in [0.05, 0.1) is 0 Å². The molecule has 0 atom stereocenters. The van der Waals surface area contributed by atoms with Crippen LogP contribution in [0.2, 0.25) is 0 Å². The van der Waals surface area contributed by atoms with Crippen molar-refractivity contribution in [2.24, 2.45) is 0 Å². The number of nitrogens with zero attached hydrogens (tertiary/aromatic N) is 1. The summed E-state index contributed by atoms with van der Waals surface area (Å²) in [6.07, 6.45) is 0. The molecule has 0 aliphatic heterocycles. The molecule has 4 aromatic carbocycles. The smallest absolute Gasteiger partial charge is 0.255 e. The molecule has 2 nitrogen and oxygen atoms in total. The van der Waals surface area contributed by atoms with Crippen molar-refractivity contribution >= 4 is 5.91 Å². The molecule has 0 aromatic heterocycles. The molecular weight excluding hydrogens is 354 g/mol. The van der Waals surface area contributed by atoms with Crippen LogP contribution in [-0.2, 0) is 13.1 Å². The number of rotatable bonds is 6. The van der Waals surface area contributed by atoms with E-state index in [0.717, 1.165) is 27.8 Å². The largest absolute Gasteiger partial charge is 0.330 e. The molecule has 0 fully saturated rings. The summed E-state index contributed by atoms with van der Waals surface area (Å²) < 4.78 is 0. The molecule has 0 N–H and O–H groups in total. The normalized spacial score (nSPS) is 10.5. The quantitative estimate of drug-likeness (QED) is 0.392. The number of amides is 1. The minimum Gasteiger partial charge on any atom is -0.330 e. The molecule has 0 saturated heterocycles. The van der Waals surface area contributed by atoms with Gasteiger partial charge < -0.3 is 4.90 Å². The van der Waals surface area contributed by atoms with Crippen LogP contribution >= 0.6 is 0 Å². The van der Waals surface area contributed by atoms with Gasteiger partial charge in [-0.05, 0) is 28.3 Å². The minimum atomic E-state index is 0.0390. The molecule has 0 heterocycles. The Morgan fingerprint density at radius 3 is 1.55 bits per heavy atom. The van der Waals surface area contributed by atoms with E-state index in [2.05, 4.69) is 24.3 Å². The first-order valence-electron chi connectivity index (χ1n) is 9.83. The molecule has 2 heteroatoms. The summed E-state index contributed by atoms with van der Waals surface area (Å²) in [5, 5.41) is 0. The highest BCUT2D eigenvalue weighted by molar-refractivity contribution is 6.00. The van der Waals surface area contributed by atoms with Crippen LogP contribution in [0.4, 0.5) is 0 Å². The second-order valence-corrected chi connectivity index (χ2v) is 7.04. The zero-order chi connectivity index (χ0) is 19.9. The van der Waals surface area contributed by atoms with E-state index in [4.69, 9.17) is 0 Å².